The number of hydrogen-bond acceptors (Lipinski definition) is 3. The van der Waals surface area contributed by atoms with E-state index in [9.17, 15) is 22.8 Å². The molecule has 1 N–H and O–H groups in total. The molecule has 4 rings (SSSR count). The number of piperidine rings is 1. The van der Waals surface area contributed by atoms with Gasteiger partial charge in [0.15, 0.2) is 0 Å². The molecule has 0 radical (unpaired) electrons. The highest BCUT2D eigenvalue weighted by molar-refractivity contribution is 5.96. The van der Waals surface area contributed by atoms with Crippen LogP contribution < -0.4 is 5.32 Å². The molecule has 194 valence electrons. The Labute approximate surface area is 210 Å². The molecule has 1 spiro atoms. The number of hydrogen-bond donors (Lipinski definition) is 1. The Kier molecular flexibility index (Phi) is 7.19. The molecule has 8 heteroatoms. The van der Waals surface area contributed by atoms with Crippen molar-refractivity contribution < 1.29 is 22.8 Å². The third kappa shape index (κ3) is 5.28. The number of carbonyl (C=O) groups excluding carboxylic acids is 2. The minimum atomic E-state index is -4.60. The summed E-state index contributed by atoms with van der Waals surface area (Å²) in [7, 11) is 0. The molecule has 2 amide bonds. The van der Waals surface area contributed by atoms with Crippen LogP contribution in [0.3, 0.4) is 0 Å². The average Bonchev–Trinajstić information content (AvgIpc) is 3.02. The van der Waals surface area contributed by atoms with E-state index in [1.54, 1.807) is 0 Å². The van der Waals surface area contributed by atoms with Gasteiger partial charge in [-0.2, -0.15) is 13.2 Å². The van der Waals surface area contributed by atoms with Gasteiger partial charge in [0.1, 0.15) is 0 Å². The fourth-order valence-electron chi connectivity index (χ4n) is 5.65. The van der Waals surface area contributed by atoms with Gasteiger partial charge in [0.05, 0.1) is 22.8 Å². The summed E-state index contributed by atoms with van der Waals surface area (Å²) in [4.78, 5) is 30.0. The summed E-state index contributed by atoms with van der Waals surface area (Å²) < 4.78 is 40.5. The quantitative estimate of drug-likeness (QED) is 0.605. The van der Waals surface area contributed by atoms with E-state index >= 15 is 0 Å². The molecule has 2 aromatic carbocycles. The molecule has 2 fully saturated rings. The first-order chi connectivity index (χ1) is 16.9. The summed E-state index contributed by atoms with van der Waals surface area (Å²) in [6.07, 6.45) is -2.99. The fraction of sp³-hybridized carbons (Fsp3) is 0.500. The van der Waals surface area contributed by atoms with Gasteiger partial charge in [-0.3, -0.25) is 14.9 Å². The topological polar surface area (TPSA) is 52.7 Å². The minimum Gasteiger partial charge on any atom is -0.338 e. The molecule has 1 atom stereocenters. The third-order valence-corrected chi connectivity index (χ3v) is 7.19. The van der Waals surface area contributed by atoms with Gasteiger partial charge in [0.2, 0.25) is 5.91 Å². The first-order valence-electron chi connectivity index (χ1n) is 12.5. The highest BCUT2D eigenvalue weighted by Gasteiger charge is 2.52. The molecule has 36 heavy (non-hydrogen) atoms. The number of likely N-dealkylation sites (tertiary alicyclic amines) is 1. The monoisotopic (exact) mass is 501 g/mol. The molecule has 2 aliphatic heterocycles. The van der Waals surface area contributed by atoms with Crippen molar-refractivity contribution in [1.82, 2.24) is 15.1 Å². The van der Waals surface area contributed by atoms with E-state index in [1.807, 2.05) is 18.7 Å². The van der Waals surface area contributed by atoms with Gasteiger partial charge in [-0.1, -0.05) is 55.3 Å². The van der Waals surface area contributed by atoms with Crippen molar-refractivity contribution in [2.45, 2.75) is 71.4 Å². The van der Waals surface area contributed by atoms with Crippen molar-refractivity contribution in [3.63, 3.8) is 0 Å². The van der Waals surface area contributed by atoms with Crippen LogP contribution in [0.25, 0.3) is 0 Å². The maximum absolute atomic E-state index is 13.5. The lowest BCUT2D eigenvalue weighted by Gasteiger charge is -2.45. The molecule has 1 unspecified atom stereocenters. The van der Waals surface area contributed by atoms with Crippen LogP contribution in [0, 0.1) is 19.8 Å². The Morgan fingerprint density at radius 1 is 1.08 bits per heavy atom. The lowest BCUT2D eigenvalue weighted by atomic mass is 9.94. The predicted molar refractivity (Wildman–Crippen MR) is 132 cm³/mol. The lowest BCUT2D eigenvalue weighted by molar-refractivity contribution is -0.138. The van der Waals surface area contributed by atoms with Crippen molar-refractivity contribution in [3.8, 4) is 0 Å². The number of nitrogens with zero attached hydrogens (tertiary/aromatic N) is 2. The zero-order chi connectivity index (χ0) is 26.3. The predicted octanol–water partition coefficient (Wildman–Crippen LogP) is 5.30. The summed E-state index contributed by atoms with van der Waals surface area (Å²) in [5.74, 6) is -0.253. The first kappa shape index (κ1) is 26.2. The van der Waals surface area contributed by atoms with Crippen molar-refractivity contribution in [2.24, 2.45) is 5.92 Å². The van der Waals surface area contributed by atoms with Crippen LogP contribution >= 0.6 is 0 Å². The number of nitrogens with one attached hydrogen (secondary N) is 1. The molecule has 0 saturated carbocycles. The van der Waals surface area contributed by atoms with Gasteiger partial charge in [-0.15, -0.1) is 0 Å². The second-order valence-corrected chi connectivity index (χ2v) is 10.6. The van der Waals surface area contributed by atoms with E-state index in [2.05, 4.69) is 37.4 Å². The number of halogens is 3. The third-order valence-electron chi connectivity index (χ3n) is 7.19. The SMILES string of the molecule is Cc1cc(C)cc(CN2C(=O)C(CC(C)C)NC23CCN(C(=O)c2ccccc2C(F)(F)F)CC3)c1. The number of alkyl halides is 3. The number of benzene rings is 2. The summed E-state index contributed by atoms with van der Waals surface area (Å²) in [5.41, 5.74) is 1.42. The van der Waals surface area contributed by atoms with Crippen molar-refractivity contribution >= 4 is 11.8 Å². The smallest absolute Gasteiger partial charge is 0.338 e. The normalized spacial score (nSPS) is 20.0. The van der Waals surface area contributed by atoms with Crippen LogP contribution in [0.2, 0.25) is 0 Å². The van der Waals surface area contributed by atoms with Crippen LogP contribution in [0.15, 0.2) is 42.5 Å². The second kappa shape index (κ2) is 9.88. The zero-order valence-corrected chi connectivity index (χ0v) is 21.3. The average molecular weight is 502 g/mol. The Morgan fingerprint density at radius 3 is 2.28 bits per heavy atom. The fourth-order valence-corrected chi connectivity index (χ4v) is 5.65. The first-order valence-corrected chi connectivity index (χ1v) is 12.5. The van der Waals surface area contributed by atoms with E-state index in [0.29, 0.717) is 31.7 Å². The molecule has 0 aliphatic carbocycles. The van der Waals surface area contributed by atoms with E-state index in [4.69, 9.17) is 0 Å². The minimum absolute atomic E-state index is 0.0463. The summed E-state index contributed by atoms with van der Waals surface area (Å²) in [6, 6.07) is 10.9. The van der Waals surface area contributed by atoms with Crippen LogP contribution in [0.1, 0.15) is 65.7 Å². The van der Waals surface area contributed by atoms with Crippen molar-refractivity contribution in [2.75, 3.05) is 13.1 Å². The second-order valence-electron chi connectivity index (χ2n) is 10.6. The largest absolute Gasteiger partial charge is 0.417 e. The number of carbonyl (C=O) groups is 2. The molecule has 2 aliphatic rings. The number of rotatable bonds is 5. The molecule has 2 saturated heterocycles. The van der Waals surface area contributed by atoms with E-state index < -0.39 is 23.3 Å². The van der Waals surface area contributed by atoms with Crippen LogP contribution in [0.5, 0.6) is 0 Å². The van der Waals surface area contributed by atoms with Crippen molar-refractivity contribution in [3.05, 3.63) is 70.3 Å². The van der Waals surface area contributed by atoms with Gasteiger partial charge in [0, 0.05) is 32.5 Å². The Hall–Kier alpha value is -2.87. The highest BCUT2D eigenvalue weighted by Crippen LogP contribution is 2.37. The van der Waals surface area contributed by atoms with E-state index in [1.165, 1.54) is 23.1 Å². The van der Waals surface area contributed by atoms with Gasteiger partial charge >= 0.3 is 6.18 Å². The van der Waals surface area contributed by atoms with E-state index in [-0.39, 0.29) is 30.6 Å². The highest BCUT2D eigenvalue weighted by atomic mass is 19.4. The molecule has 0 bridgehead atoms. The Balaban J connectivity index is 1.57. The maximum atomic E-state index is 13.5. The van der Waals surface area contributed by atoms with Crippen LogP contribution in [-0.2, 0) is 17.5 Å². The molecule has 0 aromatic heterocycles. The number of amides is 2. The Morgan fingerprint density at radius 2 is 1.69 bits per heavy atom. The lowest BCUT2D eigenvalue weighted by Crippen LogP contribution is -2.59. The molecule has 2 heterocycles. The standard InChI is InChI=1S/C28H34F3N3O2/c1-18(2)13-24-26(36)34(17-21-15-19(3)14-20(4)16-21)27(32-24)9-11-33(12-10-27)25(35)22-7-5-6-8-23(22)28(29,30)31/h5-8,14-16,18,24,32H,9-13,17H2,1-4H3. The Bertz CT molecular complexity index is 1120. The maximum Gasteiger partial charge on any atom is 0.417 e. The molecule has 5 nitrogen and oxygen atoms in total. The summed E-state index contributed by atoms with van der Waals surface area (Å²) in [6.45, 7) is 9.20. The van der Waals surface area contributed by atoms with Gasteiger partial charge in [-0.05, 0) is 43.9 Å². The van der Waals surface area contributed by atoms with Gasteiger partial charge < -0.3 is 9.80 Å². The zero-order valence-electron chi connectivity index (χ0n) is 21.3. The van der Waals surface area contributed by atoms with Crippen molar-refractivity contribution in [1.29, 1.82) is 0 Å². The summed E-state index contributed by atoms with van der Waals surface area (Å²) in [5, 5.41) is 3.58. The summed E-state index contributed by atoms with van der Waals surface area (Å²) >= 11 is 0. The number of aryl methyl sites for hydroxylation is 2. The van der Waals surface area contributed by atoms with Crippen LogP contribution in [0.4, 0.5) is 13.2 Å². The molecular weight excluding hydrogens is 467 g/mol. The van der Waals surface area contributed by atoms with Gasteiger partial charge in [0.25, 0.3) is 5.91 Å². The molecular formula is C28H34F3N3O2. The van der Waals surface area contributed by atoms with E-state index in [0.717, 1.165) is 22.8 Å². The molecule has 2 aromatic rings. The van der Waals surface area contributed by atoms with Gasteiger partial charge in [-0.25, -0.2) is 0 Å². The van der Waals surface area contributed by atoms with Crippen LogP contribution in [-0.4, -0.2) is 46.4 Å².